The molecule has 4 rings (SSSR count). The van der Waals surface area contributed by atoms with Gasteiger partial charge in [-0.25, -0.2) is 9.78 Å². The first-order valence-electron chi connectivity index (χ1n) is 8.95. The summed E-state index contributed by atoms with van der Waals surface area (Å²) in [6.45, 7) is 5.48. The SMILES string of the molecule is Cn1ccnc1C1N(C(=O)NCc2noc3c2CCCC3)CC1(C)C. The van der Waals surface area contributed by atoms with Crippen molar-refractivity contribution in [3.63, 3.8) is 0 Å². The predicted octanol–water partition coefficient (Wildman–Crippen LogP) is 2.58. The molecule has 3 heterocycles. The fourth-order valence-corrected chi connectivity index (χ4v) is 4.09. The molecule has 7 heteroatoms. The molecule has 0 aromatic carbocycles. The summed E-state index contributed by atoms with van der Waals surface area (Å²) in [5.74, 6) is 1.91. The van der Waals surface area contributed by atoms with Gasteiger partial charge in [0.05, 0.1) is 12.6 Å². The lowest BCUT2D eigenvalue weighted by molar-refractivity contribution is -0.0231. The van der Waals surface area contributed by atoms with E-state index >= 15 is 0 Å². The molecular weight excluding hydrogens is 318 g/mol. The number of aryl methyl sites for hydroxylation is 2. The van der Waals surface area contributed by atoms with E-state index in [-0.39, 0.29) is 17.5 Å². The number of carbonyl (C=O) groups excluding carboxylic acids is 1. The van der Waals surface area contributed by atoms with Crippen LogP contribution in [0.2, 0.25) is 0 Å². The Morgan fingerprint density at radius 3 is 2.92 bits per heavy atom. The van der Waals surface area contributed by atoms with Crippen molar-refractivity contribution in [1.82, 2.24) is 24.9 Å². The Kier molecular flexibility index (Phi) is 3.81. The van der Waals surface area contributed by atoms with Crippen LogP contribution in [0.1, 0.15) is 55.6 Å². The standard InChI is InChI=1S/C18H25N5O2/c1-18(2)11-23(15(18)16-19-8-9-22(16)3)17(24)20-10-13-12-6-4-5-7-14(12)25-21-13/h8-9,15H,4-7,10-11H2,1-3H3,(H,20,24). The number of amides is 2. The molecule has 0 bridgehead atoms. The van der Waals surface area contributed by atoms with Crippen LogP contribution in [-0.4, -0.2) is 32.2 Å². The Morgan fingerprint density at radius 1 is 1.40 bits per heavy atom. The number of imidazole rings is 1. The first-order valence-corrected chi connectivity index (χ1v) is 8.95. The third-order valence-electron chi connectivity index (χ3n) is 5.43. The molecule has 25 heavy (non-hydrogen) atoms. The van der Waals surface area contributed by atoms with E-state index in [1.165, 1.54) is 5.56 Å². The summed E-state index contributed by atoms with van der Waals surface area (Å²) < 4.78 is 7.41. The molecular formula is C18H25N5O2. The minimum absolute atomic E-state index is 0.0151. The molecule has 2 aromatic rings. The van der Waals surface area contributed by atoms with Gasteiger partial charge < -0.3 is 19.3 Å². The molecule has 2 amide bonds. The zero-order valence-electron chi connectivity index (χ0n) is 15.1. The van der Waals surface area contributed by atoms with Crippen LogP contribution < -0.4 is 5.32 Å². The molecule has 1 unspecified atom stereocenters. The largest absolute Gasteiger partial charge is 0.361 e. The van der Waals surface area contributed by atoms with Crippen LogP contribution in [-0.2, 0) is 26.4 Å². The summed E-state index contributed by atoms with van der Waals surface area (Å²) in [5.41, 5.74) is 2.08. The van der Waals surface area contributed by atoms with Crippen LogP contribution >= 0.6 is 0 Å². The second-order valence-electron chi connectivity index (χ2n) is 7.81. The quantitative estimate of drug-likeness (QED) is 0.929. The normalized spacial score (nSPS) is 21.6. The number of nitrogens with zero attached hydrogens (tertiary/aromatic N) is 4. The zero-order chi connectivity index (χ0) is 17.6. The molecule has 1 fully saturated rings. The highest BCUT2D eigenvalue weighted by molar-refractivity contribution is 5.76. The molecule has 1 N–H and O–H groups in total. The van der Waals surface area contributed by atoms with Crippen LogP contribution in [0.4, 0.5) is 4.79 Å². The Balaban J connectivity index is 1.45. The van der Waals surface area contributed by atoms with Crippen LogP contribution in [0.3, 0.4) is 0 Å². The molecule has 134 valence electrons. The van der Waals surface area contributed by atoms with Crippen molar-refractivity contribution in [2.75, 3.05) is 6.54 Å². The van der Waals surface area contributed by atoms with Crippen LogP contribution in [0.5, 0.6) is 0 Å². The monoisotopic (exact) mass is 343 g/mol. The number of rotatable bonds is 3. The van der Waals surface area contributed by atoms with Gasteiger partial charge in [-0.1, -0.05) is 19.0 Å². The maximum atomic E-state index is 12.7. The fraction of sp³-hybridized carbons (Fsp3) is 0.611. The number of hydrogen-bond acceptors (Lipinski definition) is 4. The number of fused-ring (bicyclic) bond motifs is 1. The van der Waals surface area contributed by atoms with Gasteiger partial charge in [-0.05, 0) is 19.3 Å². The maximum Gasteiger partial charge on any atom is 0.318 e. The number of nitrogens with one attached hydrogen (secondary N) is 1. The summed E-state index contributed by atoms with van der Waals surface area (Å²) in [7, 11) is 1.97. The third kappa shape index (κ3) is 2.71. The fourth-order valence-electron chi connectivity index (χ4n) is 4.09. The number of urea groups is 1. The van der Waals surface area contributed by atoms with Gasteiger partial charge in [0.2, 0.25) is 0 Å². The van der Waals surface area contributed by atoms with E-state index in [4.69, 9.17) is 4.52 Å². The van der Waals surface area contributed by atoms with Gasteiger partial charge in [-0.3, -0.25) is 0 Å². The number of likely N-dealkylation sites (tertiary alicyclic amines) is 1. The smallest absolute Gasteiger partial charge is 0.318 e. The Labute approximate surface area is 147 Å². The highest BCUT2D eigenvalue weighted by atomic mass is 16.5. The number of carbonyl (C=O) groups is 1. The first-order chi connectivity index (χ1) is 12.0. The Morgan fingerprint density at radius 2 is 2.20 bits per heavy atom. The molecule has 1 aliphatic heterocycles. The van der Waals surface area contributed by atoms with Gasteiger partial charge >= 0.3 is 6.03 Å². The lowest BCUT2D eigenvalue weighted by Crippen LogP contribution is -2.60. The Hall–Kier alpha value is -2.31. The van der Waals surface area contributed by atoms with Gasteiger partial charge in [0.1, 0.15) is 17.3 Å². The van der Waals surface area contributed by atoms with E-state index in [0.717, 1.165) is 43.0 Å². The van der Waals surface area contributed by atoms with Crippen LogP contribution in [0.25, 0.3) is 0 Å². The number of aromatic nitrogens is 3. The predicted molar refractivity (Wildman–Crippen MR) is 91.8 cm³/mol. The molecule has 1 aliphatic carbocycles. The van der Waals surface area contributed by atoms with E-state index in [1.54, 1.807) is 6.20 Å². The van der Waals surface area contributed by atoms with Crippen LogP contribution in [0.15, 0.2) is 16.9 Å². The van der Waals surface area contributed by atoms with E-state index in [9.17, 15) is 4.79 Å². The highest BCUT2D eigenvalue weighted by Gasteiger charge is 2.50. The van der Waals surface area contributed by atoms with Crippen molar-refractivity contribution in [2.24, 2.45) is 12.5 Å². The molecule has 2 aromatic heterocycles. The molecule has 0 radical (unpaired) electrons. The summed E-state index contributed by atoms with van der Waals surface area (Å²) in [6.07, 6.45) is 7.97. The van der Waals surface area contributed by atoms with Crippen molar-refractivity contribution in [3.05, 3.63) is 35.2 Å². The second kappa shape index (κ2) is 5.89. The van der Waals surface area contributed by atoms with Crippen molar-refractivity contribution in [2.45, 2.75) is 52.1 Å². The minimum Gasteiger partial charge on any atom is -0.361 e. The molecule has 0 spiro atoms. The lowest BCUT2D eigenvalue weighted by atomic mass is 9.74. The van der Waals surface area contributed by atoms with Gasteiger partial charge in [-0.15, -0.1) is 0 Å². The molecule has 0 saturated carbocycles. The highest BCUT2D eigenvalue weighted by Crippen LogP contribution is 2.47. The zero-order valence-corrected chi connectivity index (χ0v) is 15.1. The lowest BCUT2D eigenvalue weighted by Gasteiger charge is -2.53. The van der Waals surface area contributed by atoms with Gasteiger partial charge in [0.15, 0.2) is 0 Å². The van der Waals surface area contributed by atoms with Crippen LogP contribution in [0, 0.1) is 5.41 Å². The van der Waals surface area contributed by atoms with Gasteiger partial charge in [0.25, 0.3) is 0 Å². The summed E-state index contributed by atoms with van der Waals surface area (Å²) in [6, 6.07) is -0.0846. The van der Waals surface area contributed by atoms with Crippen molar-refractivity contribution in [3.8, 4) is 0 Å². The molecule has 2 aliphatic rings. The molecule has 1 saturated heterocycles. The average molecular weight is 343 g/mol. The van der Waals surface area contributed by atoms with E-state index in [1.807, 2.05) is 22.7 Å². The molecule has 1 atom stereocenters. The first kappa shape index (κ1) is 16.2. The van der Waals surface area contributed by atoms with Crippen molar-refractivity contribution >= 4 is 6.03 Å². The van der Waals surface area contributed by atoms with Gasteiger partial charge in [0, 0.05) is 43.4 Å². The van der Waals surface area contributed by atoms with E-state index < -0.39 is 0 Å². The topological polar surface area (TPSA) is 76.2 Å². The van der Waals surface area contributed by atoms with Gasteiger partial charge in [-0.2, -0.15) is 0 Å². The summed E-state index contributed by atoms with van der Waals surface area (Å²) >= 11 is 0. The maximum absolute atomic E-state index is 12.7. The van der Waals surface area contributed by atoms with E-state index in [2.05, 4.69) is 29.3 Å². The Bertz CT molecular complexity index is 791. The summed E-state index contributed by atoms with van der Waals surface area (Å²) in [4.78, 5) is 19.0. The number of hydrogen-bond donors (Lipinski definition) is 1. The van der Waals surface area contributed by atoms with Crippen molar-refractivity contribution in [1.29, 1.82) is 0 Å². The second-order valence-corrected chi connectivity index (χ2v) is 7.81. The van der Waals surface area contributed by atoms with Crippen molar-refractivity contribution < 1.29 is 9.32 Å². The summed E-state index contributed by atoms with van der Waals surface area (Å²) in [5, 5.41) is 7.17. The average Bonchev–Trinajstić information content (AvgIpc) is 3.17. The van der Waals surface area contributed by atoms with E-state index in [0.29, 0.717) is 13.1 Å². The molecule has 7 nitrogen and oxygen atoms in total. The third-order valence-corrected chi connectivity index (χ3v) is 5.43. The minimum atomic E-state index is -0.0696.